The van der Waals surface area contributed by atoms with Gasteiger partial charge in [0, 0.05) is 23.1 Å². The lowest BCUT2D eigenvalue weighted by atomic mass is 9.69. The molecule has 3 heterocycles. The van der Waals surface area contributed by atoms with Gasteiger partial charge in [0.05, 0.1) is 28.8 Å². The third-order valence-corrected chi connectivity index (χ3v) is 10.8. The highest BCUT2D eigenvalue weighted by Gasteiger charge is 2.48. The van der Waals surface area contributed by atoms with Crippen LogP contribution >= 0.6 is 22.7 Å². The number of carbonyl (C=O) groups is 1. The molecule has 2 aromatic heterocycles. The molecular formula is C32H48O4S2. The lowest BCUT2D eigenvalue weighted by molar-refractivity contribution is -0.197. The molecule has 0 aromatic carbocycles. The summed E-state index contributed by atoms with van der Waals surface area (Å²) in [5, 5.41) is 24.5. The molecule has 3 aliphatic rings. The van der Waals surface area contributed by atoms with E-state index in [0.29, 0.717) is 17.8 Å². The van der Waals surface area contributed by atoms with Gasteiger partial charge in [0.25, 0.3) is 0 Å². The normalized spacial score (nSPS) is 34.6. The van der Waals surface area contributed by atoms with E-state index in [1.807, 2.05) is 32.2 Å². The number of aryl methyl sites for hydroxylation is 2. The monoisotopic (exact) mass is 560 g/mol. The Kier molecular flexibility index (Phi) is 11.4. The standard InChI is InChI=1S/C16H24O2S.C10H18O.C6H6OS/c1-10-4-5-12-13(8-10)18-14(9-16(12,3)17)15-11(2)6-7-19-15;1-7(2)9-5-4-8(3)6-10(9)11;1-5-2-3-8-6(5)4-7/h6-7,10,12-14,17H,4-5,8-9H2,1-3H3;8-11H,1,4-6H2,2-3H3;2-4H,1H3. The van der Waals surface area contributed by atoms with Gasteiger partial charge in [-0.2, -0.15) is 0 Å². The molecule has 0 amide bonds. The maximum Gasteiger partial charge on any atom is 0.160 e. The van der Waals surface area contributed by atoms with Crippen molar-refractivity contribution in [1.82, 2.24) is 0 Å². The van der Waals surface area contributed by atoms with Gasteiger partial charge >= 0.3 is 0 Å². The summed E-state index contributed by atoms with van der Waals surface area (Å²) < 4.78 is 6.37. The zero-order valence-electron chi connectivity index (χ0n) is 24.1. The molecule has 38 heavy (non-hydrogen) atoms. The van der Waals surface area contributed by atoms with Gasteiger partial charge in [-0.15, -0.1) is 22.7 Å². The number of aliphatic hydroxyl groups excluding tert-OH is 1. The van der Waals surface area contributed by atoms with Crippen LogP contribution in [0.15, 0.2) is 35.0 Å². The molecule has 1 aliphatic heterocycles. The highest BCUT2D eigenvalue weighted by molar-refractivity contribution is 7.11. The number of rotatable bonds is 3. The Morgan fingerprint density at radius 1 is 1.05 bits per heavy atom. The van der Waals surface area contributed by atoms with E-state index in [1.54, 1.807) is 11.3 Å². The largest absolute Gasteiger partial charge is 0.392 e. The Hall–Kier alpha value is -1.31. The lowest BCUT2D eigenvalue weighted by Crippen LogP contribution is -2.51. The number of aldehydes is 1. The molecule has 1 saturated heterocycles. The minimum atomic E-state index is -0.579. The van der Waals surface area contributed by atoms with E-state index in [4.69, 9.17) is 4.74 Å². The molecule has 0 bridgehead atoms. The summed E-state index contributed by atoms with van der Waals surface area (Å²) in [6.07, 6.45) is 8.57. The van der Waals surface area contributed by atoms with Crippen LogP contribution in [0, 0.1) is 37.5 Å². The fraction of sp³-hybridized carbons (Fsp3) is 0.656. The molecule has 2 aliphatic carbocycles. The molecule has 0 radical (unpaired) electrons. The number of aliphatic hydroxyl groups is 2. The Morgan fingerprint density at radius 2 is 1.68 bits per heavy atom. The van der Waals surface area contributed by atoms with Crippen molar-refractivity contribution in [2.75, 3.05) is 0 Å². The van der Waals surface area contributed by atoms with E-state index >= 15 is 0 Å². The Morgan fingerprint density at radius 3 is 2.21 bits per heavy atom. The quantitative estimate of drug-likeness (QED) is 0.293. The van der Waals surface area contributed by atoms with Crippen molar-refractivity contribution in [3.63, 3.8) is 0 Å². The van der Waals surface area contributed by atoms with Crippen LogP contribution in [-0.2, 0) is 4.74 Å². The molecule has 8 unspecified atom stereocenters. The van der Waals surface area contributed by atoms with Crippen molar-refractivity contribution in [2.45, 2.75) is 110 Å². The third-order valence-electron chi connectivity index (χ3n) is 8.71. The zero-order chi connectivity index (χ0) is 28.0. The Balaban J connectivity index is 0.000000178. The van der Waals surface area contributed by atoms with E-state index in [2.05, 4.69) is 38.8 Å². The van der Waals surface area contributed by atoms with Crippen molar-refractivity contribution in [1.29, 1.82) is 0 Å². The van der Waals surface area contributed by atoms with Gasteiger partial charge in [0.2, 0.25) is 0 Å². The van der Waals surface area contributed by atoms with Gasteiger partial charge in [-0.25, -0.2) is 0 Å². The fourth-order valence-corrected chi connectivity index (χ4v) is 7.97. The Labute approximate surface area is 238 Å². The molecule has 2 N–H and O–H groups in total. The summed E-state index contributed by atoms with van der Waals surface area (Å²) in [6, 6.07) is 4.09. The first-order chi connectivity index (χ1) is 17.9. The van der Waals surface area contributed by atoms with Gasteiger partial charge in [0.15, 0.2) is 6.29 Å². The molecule has 4 nitrogen and oxygen atoms in total. The summed E-state index contributed by atoms with van der Waals surface area (Å²) in [7, 11) is 0. The van der Waals surface area contributed by atoms with Crippen molar-refractivity contribution in [2.24, 2.45) is 23.7 Å². The van der Waals surface area contributed by atoms with Crippen molar-refractivity contribution in [3.05, 3.63) is 55.9 Å². The summed E-state index contributed by atoms with van der Waals surface area (Å²) >= 11 is 3.24. The van der Waals surface area contributed by atoms with Crippen LogP contribution in [0.25, 0.3) is 0 Å². The van der Waals surface area contributed by atoms with Gasteiger partial charge in [-0.1, -0.05) is 32.4 Å². The summed E-state index contributed by atoms with van der Waals surface area (Å²) in [5.74, 6) is 2.10. The second-order valence-electron chi connectivity index (χ2n) is 12.2. The van der Waals surface area contributed by atoms with E-state index in [0.717, 1.165) is 60.3 Å². The predicted octanol–water partition coefficient (Wildman–Crippen LogP) is 8.30. The van der Waals surface area contributed by atoms with E-state index in [-0.39, 0.29) is 18.3 Å². The topological polar surface area (TPSA) is 66.8 Å². The second-order valence-corrected chi connectivity index (χ2v) is 14.1. The summed E-state index contributed by atoms with van der Waals surface area (Å²) in [4.78, 5) is 12.2. The minimum absolute atomic E-state index is 0.0848. The molecule has 2 aromatic rings. The van der Waals surface area contributed by atoms with E-state index in [9.17, 15) is 15.0 Å². The van der Waals surface area contributed by atoms with Crippen LogP contribution in [0.2, 0.25) is 0 Å². The number of thiophene rings is 2. The van der Waals surface area contributed by atoms with Gasteiger partial charge in [-0.3, -0.25) is 4.79 Å². The van der Waals surface area contributed by atoms with Crippen LogP contribution in [0.1, 0.15) is 104 Å². The van der Waals surface area contributed by atoms with E-state index < -0.39 is 5.60 Å². The van der Waals surface area contributed by atoms with Crippen molar-refractivity contribution >= 4 is 29.0 Å². The van der Waals surface area contributed by atoms with Crippen LogP contribution in [0.5, 0.6) is 0 Å². The van der Waals surface area contributed by atoms with Crippen LogP contribution in [-0.4, -0.2) is 34.3 Å². The lowest BCUT2D eigenvalue weighted by Gasteiger charge is -2.49. The smallest absolute Gasteiger partial charge is 0.160 e. The highest BCUT2D eigenvalue weighted by atomic mass is 32.1. The first kappa shape index (κ1) is 31.2. The molecule has 3 fully saturated rings. The first-order valence-corrected chi connectivity index (χ1v) is 15.9. The maximum atomic E-state index is 10.8. The number of fused-ring (bicyclic) bond motifs is 1. The van der Waals surface area contributed by atoms with Gasteiger partial charge < -0.3 is 14.9 Å². The maximum absolute atomic E-state index is 10.8. The molecule has 8 atom stereocenters. The predicted molar refractivity (Wildman–Crippen MR) is 160 cm³/mol. The molecule has 0 spiro atoms. The van der Waals surface area contributed by atoms with Gasteiger partial charge in [0.1, 0.15) is 0 Å². The number of ether oxygens (including phenoxy) is 1. The molecule has 212 valence electrons. The average molecular weight is 561 g/mol. The van der Waals surface area contributed by atoms with Crippen molar-refractivity contribution < 1.29 is 19.7 Å². The minimum Gasteiger partial charge on any atom is -0.392 e. The SMILES string of the molecule is C=C(C)C1CCC(C)CC1O.Cc1ccsc1C1CC(C)(O)C2CCC(C)CC2O1.Cc1ccsc1C=O. The van der Waals surface area contributed by atoms with Crippen LogP contribution in [0.4, 0.5) is 0 Å². The van der Waals surface area contributed by atoms with Crippen LogP contribution in [0.3, 0.4) is 0 Å². The second kappa shape index (κ2) is 13.8. The van der Waals surface area contributed by atoms with E-state index in [1.165, 1.54) is 34.6 Å². The van der Waals surface area contributed by atoms with Crippen molar-refractivity contribution in [3.8, 4) is 0 Å². The van der Waals surface area contributed by atoms with Crippen LogP contribution < -0.4 is 0 Å². The summed E-state index contributed by atoms with van der Waals surface area (Å²) in [5.41, 5.74) is 2.94. The summed E-state index contributed by atoms with van der Waals surface area (Å²) in [6.45, 7) is 16.5. The number of carbonyl (C=O) groups excluding carboxylic acids is 1. The Bertz CT molecular complexity index is 1040. The number of hydrogen-bond acceptors (Lipinski definition) is 6. The molecule has 2 saturated carbocycles. The average Bonchev–Trinajstić information content (AvgIpc) is 3.46. The molecule has 5 rings (SSSR count). The third kappa shape index (κ3) is 8.11. The molecule has 6 heteroatoms. The number of hydrogen-bond donors (Lipinski definition) is 2. The first-order valence-electron chi connectivity index (χ1n) is 14.2. The van der Waals surface area contributed by atoms with Gasteiger partial charge in [-0.05, 0) is 106 Å². The fourth-order valence-electron chi connectivity index (χ4n) is 6.28. The zero-order valence-corrected chi connectivity index (χ0v) is 25.7. The highest BCUT2D eigenvalue weighted by Crippen LogP contribution is 2.48. The molecular weight excluding hydrogens is 512 g/mol.